The van der Waals surface area contributed by atoms with E-state index in [4.69, 9.17) is 5.73 Å². The van der Waals surface area contributed by atoms with Crippen LogP contribution in [-0.2, 0) is 0 Å². The maximum Gasteiger partial charge on any atom is 0.0476 e. The molecule has 0 aliphatic rings. The van der Waals surface area contributed by atoms with Gasteiger partial charge in [0.05, 0.1) is 0 Å². The highest BCUT2D eigenvalue weighted by molar-refractivity contribution is 7.98. The van der Waals surface area contributed by atoms with Crippen molar-refractivity contribution in [3.63, 3.8) is 0 Å². The summed E-state index contributed by atoms with van der Waals surface area (Å²) in [4.78, 5) is 1.17. The molecule has 3 N–H and O–H groups in total. The first kappa shape index (κ1) is 11.4. The molecule has 0 saturated heterocycles. The van der Waals surface area contributed by atoms with E-state index in [2.05, 4.69) is 29.1 Å². The molecule has 76 valence electrons. The average Bonchev–Trinajstić information content (AvgIpc) is 2.29. The van der Waals surface area contributed by atoms with Crippen molar-refractivity contribution in [1.82, 2.24) is 0 Å². The third-order valence-electron chi connectivity index (χ3n) is 1.81. The Morgan fingerprint density at radius 1 is 1.33 bits per heavy atom. The van der Waals surface area contributed by atoms with Crippen molar-refractivity contribution in [3.8, 4) is 23.8 Å². The van der Waals surface area contributed by atoms with Gasteiger partial charge in [-0.25, -0.2) is 0 Å². The largest absolute Gasteiger partial charge is 0.387 e. The molecular formula is C12H12N2S. The number of hydrogen-bond acceptors (Lipinski definition) is 3. The van der Waals surface area contributed by atoms with E-state index in [1.165, 1.54) is 4.90 Å². The van der Waals surface area contributed by atoms with Crippen LogP contribution >= 0.6 is 11.8 Å². The molecule has 0 saturated carbocycles. The minimum absolute atomic E-state index is 0.945. The lowest BCUT2D eigenvalue weighted by atomic mass is 10.2. The predicted octanol–water partition coefficient (Wildman–Crippen LogP) is 1.72. The lowest BCUT2D eigenvalue weighted by Crippen LogP contribution is -1.90. The number of hydrogen-bond donors (Lipinski definition) is 2. The zero-order valence-electron chi connectivity index (χ0n) is 8.72. The second-order valence-electron chi connectivity index (χ2n) is 2.68. The van der Waals surface area contributed by atoms with Crippen LogP contribution in [0.3, 0.4) is 0 Å². The quantitative estimate of drug-likeness (QED) is 0.449. The number of thioether (sulfide) groups is 1. The Bertz CT molecular complexity index is 458. The highest BCUT2D eigenvalue weighted by Gasteiger charge is 1.99. The monoisotopic (exact) mass is 216 g/mol. The number of nitrogens with two attached hydrogens (primary N) is 1. The standard InChI is InChI=1S/C12H12N2S/c1-14-11-7-6-10(5-3-4-8-13)9-12(11)15-2/h6-7,9,14H,13H2,1-2H3. The summed E-state index contributed by atoms with van der Waals surface area (Å²) in [5.41, 5.74) is 7.07. The normalized spacial score (nSPS) is 8.13. The Morgan fingerprint density at radius 3 is 2.73 bits per heavy atom. The van der Waals surface area contributed by atoms with Gasteiger partial charge in [0.15, 0.2) is 0 Å². The van der Waals surface area contributed by atoms with E-state index in [9.17, 15) is 0 Å². The molecule has 1 aromatic carbocycles. The minimum atomic E-state index is 0.945. The summed E-state index contributed by atoms with van der Waals surface area (Å²) in [6, 6.07) is 8.24. The molecule has 3 heteroatoms. The van der Waals surface area contributed by atoms with E-state index in [1.54, 1.807) is 11.8 Å². The van der Waals surface area contributed by atoms with Gasteiger partial charge in [-0.15, -0.1) is 11.8 Å². The Hall–Kier alpha value is -1.71. The first-order chi connectivity index (χ1) is 7.31. The van der Waals surface area contributed by atoms with Crippen LogP contribution in [0.5, 0.6) is 0 Å². The van der Waals surface area contributed by atoms with Gasteiger partial charge in [-0.1, -0.05) is 5.92 Å². The fourth-order valence-corrected chi connectivity index (χ4v) is 1.75. The van der Waals surface area contributed by atoms with Crippen molar-refractivity contribution < 1.29 is 0 Å². The summed E-state index contributed by atoms with van der Waals surface area (Å²) in [6.45, 7) is 0. The van der Waals surface area contributed by atoms with Gasteiger partial charge in [0.25, 0.3) is 0 Å². The lowest BCUT2D eigenvalue weighted by molar-refractivity contribution is 1.37. The third-order valence-corrected chi connectivity index (χ3v) is 2.59. The van der Waals surface area contributed by atoms with E-state index in [-0.39, 0.29) is 0 Å². The second-order valence-corrected chi connectivity index (χ2v) is 3.53. The van der Waals surface area contributed by atoms with Gasteiger partial charge in [-0.3, -0.25) is 0 Å². The van der Waals surface area contributed by atoms with Gasteiger partial charge in [-0.05, 0) is 30.4 Å². The van der Waals surface area contributed by atoms with Gasteiger partial charge in [0.2, 0.25) is 0 Å². The number of nitrogens with one attached hydrogen (secondary N) is 1. The van der Waals surface area contributed by atoms with Crippen LogP contribution in [0.25, 0.3) is 0 Å². The molecular weight excluding hydrogens is 204 g/mol. The third kappa shape index (κ3) is 3.16. The van der Waals surface area contributed by atoms with Crippen molar-refractivity contribution in [1.29, 1.82) is 0 Å². The Kier molecular flexibility index (Phi) is 4.47. The topological polar surface area (TPSA) is 38.0 Å². The molecule has 0 spiro atoms. The molecule has 15 heavy (non-hydrogen) atoms. The Labute approximate surface area is 94.6 Å². The molecule has 0 aliphatic heterocycles. The van der Waals surface area contributed by atoms with Gasteiger partial charge >= 0.3 is 0 Å². The molecule has 0 radical (unpaired) electrons. The molecule has 0 aromatic heterocycles. The van der Waals surface area contributed by atoms with Crippen LogP contribution in [0.2, 0.25) is 0 Å². The minimum Gasteiger partial charge on any atom is -0.387 e. The molecule has 0 amide bonds. The van der Waals surface area contributed by atoms with Crippen LogP contribution in [0.1, 0.15) is 5.56 Å². The van der Waals surface area contributed by atoms with E-state index >= 15 is 0 Å². The number of benzene rings is 1. The maximum atomic E-state index is 5.02. The molecule has 1 rings (SSSR count). The SMILES string of the molecule is CNc1ccc(C#CC#CN)cc1SC. The van der Waals surface area contributed by atoms with Gasteiger partial charge in [0, 0.05) is 35.2 Å². The summed E-state index contributed by atoms with van der Waals surface area (Å²) in [5, 5.41) is 3.12. The summed E-state index contributed by atoms with van der Waals surface area (Å²) >= 11 is 1.68. The molecule has 2 nitrogen and oxygen atoms in total. The van der Waals surface area contributed by atoms with Crippen molar-refractivity contribution in [2.45, 2.75) is 4.90 Å². The number of anilines is 1. The number of rotatable bonds is 2. The summed E-state index contributed by atoms with van der Waals surface area (Å²) in [5.74, 6) is 8.11. The molecule has 0 heterocycles. The summed E-state index contributed by atoms with van der Waals surface area (Å²) in [7, 11) is 1.90. The molecule has 0 aliphatic carbocycles. The Balaban J connectivity index is 3.03. The maximum absolute atomic E-state index is 5.02. The Morgan fingerprint density at radius 2 is 2.13 bits per heavy atom. The fourth-order valence-electron chi connectivity index (χ4n) is 1.12. The molecule has 0 fully saturated rings. The van der Waals surface area contributed by atoms with Gasteiger partial charge in [-0.2, -0.15) is 0 Å². The van der Waals surface area contributed by atoms with Crippen LogP contribution in [-0.4, -0.2) is 13.3 Å². The first-order valence-corrected chi connectivity index (χ1v) is 5.61. The summed E-state index contributed by atoms with van der Waals surface area (Å²) < 4.78 is 0. The van der Waals surface area contributed by atoms with E-state index in [0.717, 1.165) is 11.3 Å². The fraction of sp³-hybridized carbons (Fsp3) is 0.167. The van der Waals surface area contributed by atoms with Crippen molar-refractivity contribution in [3.05, 3.63) is 23.8 Å². The van der Waals surface area contributed by atoms with Crippen LogP contribution < -0.4 is 11.1 Å². The molecule has 1 aromatic rings. The van der Waals surface area contributed by atoms with Gasteiger partial charge < -0.3 is 11.1 Å². The first-order valence-electron chi connectivity index (χ1n) is 4.39. The van der Waals surface area contributed by atoms with Crippen molar-refractivity contribution in [2.75, 3.05) is 18.6 Å². The smallest absolute Gasteiger partial charge is 0.0476 e. The molecule has 0 bridgehead atoms. The second kappa shape index (κ2) is 5.90. The van der Waals surface area contributed by atoms with E-state index < -0.39 is 0 Å². The van der Waals surface area contributed by atoms with E-state index in [1.807, 2.05) is 31.5 Å². The summed E-state index contributed by atoms with van der Waals surface area (Å²) in [6.07, 6.45) is 2.03. The zero-order chi connectivity index (χ0) is 11.1. The van der Waals surface area contributed by atoms with Crippen LogP contribution in [0.15, 0.2) is 23.1 Å². The predicted molar refractivity (Wildman–Crippen MR) is 66.6 cm³/mol. The average molecular weight is 216 g/mol. The van der Waals surface area contributed by atoms with E-state index in [0.29, 0.717) is 0 Å². The van der Waals surface area contributed by atoms with Crippen molar-refractivity contribution >= 4 is 17.4 Å². The molecule has 0 unspecified atom stereocenters. The van der Waals surface area contributed by atoms with Crippen molar-refractivity contribution in [2.24, 2.45) is 5.73 Å². The van der Waals surface area contributed by atoms with Crippen LogP contribution in [0.4, 0.5) is 5.69 Å². The zero-order valence-corrected chi connectivity index (χ0v) is 9.53. The highest BCUT2D eigenvalue weighted by atomic mass is 32.2. The van der Waals surface area contributed by atoms with Crippen LogP contribution in [0, 0.1) is 23.8 Å². The lowest BCUT2D eigenvalue weighted by Gasteiger charge is -2.06. The highest BCUT2D eigenvalue weighted by Crippen LogP contribution is 2.25. The van der Waals surface area contributed by atoms with Gasteiger partial charge in [0.1, 0.15) is 0 Å². The molecule has 0 atom stereocenters.